The van der Waals surface area contributed by atoms with Crippen molar-refractivity contribution in [2.24, 2.45) is 0 Å². The van der Waals surface area contributed by atoms with Crippen molar-refractivity contribution in [1.29, 1.82) is 0 Å². The molecule has 1 atom stereocenters. The molecule has 6 heteroatoms. The monoisotopic (exact) mass is 340 g/mol. The lowest BCUT2D eigenvalue weighted by Gasteiger charge is -2.15. The fourth-order valence-corrected chi connectivity index (χ4v) is 3.35. The third-order valence-corrected chi connectivity index (χ3v) is 5.26. The molecule has 2 N–H and O–H groups in total. The number of nitrogens with zero attached hydrogens (tertiary/aromatic N) is 2. The number of nitrogens with one attached hydrogen (secondary N) is 2. The van der Waals surface area contributed by atoms with Gasteiger partial charge in [-0.2, -0.15) is 0 Å². The van der Waals surface area contributed by atoms with Gasteiger partial charge in [0, 0.05) is 11.9 Å². The van der Waals surface area contributed by atoms with Crippen LogP contribution < -0.4 is 5.32 Å². The summed E-state index contributed by atoms with van der Waals surface area (Å²) in [5.41, 5.74) is 4.68. The first-order valence-electron chi connectivity index (χ1n) is 7.93. The van der Waals surface area contributed by atoms with Gasteiger partial charge in [0.2, 0.25) is 5.91 Å². The number of hydrogen-bond donors (Lipinski definition) is 2. The number of H-pyrrole nitrogens is 1. The quantitative estimate of drug-likeness (QED) is 0.687. The van der Waals surface area contributed by atoms with E-state index in [9.17, 15) is 4.79 Å². The number of aromatic nitrogens is 3. The number of aryl methyl sites for hydroxylation is 1. The molecule has 0 aliphatic rings. The highest BCUT2D eigenvalue weighted by Crippen LogP contribution is 2.26. The fraction of sp³-hybridized carbons (Fsp3) is 0.278. The van der Waals surface area contributed by atoms with Crippen LogP contribution in [-0.2, 0) is 4.79 Å². The van der Waals surface area contributed by atoms with Crippen LogP contribution in [0.25, 0.3) is 11.2 Å². The lowest BCUT2D eigenvalue weighted by molar-refractivity contribution is -0.115. The molecule has 0 saturated heterocycles. The SMILES string of the molecule is CC[C@@H](Sc1nc2ncccc2[nH]1)C(=O)Nc1cccc(C)c1C. The van der Waals surface area contributed by atoms with E-state index in [1.54, 1.807) is 6.20 Å². The third kappa shape index (κ3) is 3.43. The molecule has 0 aliphatic carbocycles. The number of carbonyl (C=O) groups excluding carboxylic acids is 1. The minimum absolute atomic E-state index is 0.00962. The molecule has 124 valence electrons. The number of fused-ring (bicyclic) bond motifs is 1. The average Bonchev–Trinajstić information content (AvgIpc) is 2.99. The van der Waals surface area contributed by atoms with Crippen molar-refractivity contribution in [3.8, 4) is 0 Å². The number of anilines is 1. The van der Waals surface area contributed by atoms with Crippen LogP contribution in [0.4, 0.5) is 5.69 Å². The summed E-state index contributed by atoms with van der Waals surface area (Å²) in [6.07, 6.45) is 2.42. The molecule has 0 radical (unpaired) electrons. The van der Waals surface area contributed by atoms with E-state index in [1.165, 1.54) is 11.8 Å². The minimum Gasteiger partial charge on any atom is -0.332 e. The van der Waals surface area contributed by atoms with Crippen LogP contribution in [0.1, 0.15) is 24.5 Å². The van der Waals surface area contributed by atoms with Gasteiger partial charge in [-0.05, 0) is 49.6 Å². The standard InChI is InChI=1S/C18H20N4OS/c1-4-15(17(23)20-13-8-5-7-11(2)12(13)3)24-18-21-14-9-6-10-19-16(14)22-18/h5-10,15H,4H2,1-3H3,(H,20,23)(H,19,21,22)/t15-/m1/s1. The Bertz CT molecular complexity index is 841. The summed E-state index contributed by atoms with van der Waals surface area (Å²) < 4.78 is 0. The van der Waals surface area contributed by atoms with E-state index >= 15 is 0 Å². The number of amides is 1. The summed E-state index contributed by atoms with van der Waals surface area (Å²) in [4.78, 5) is 24.5. The first kappa shape index (κ1) is 16.5. The Balaban J connectivity index is 1.75. The summed E-state index contributed by atoms with van der Waals surface area (Å²) >= 11 is 1.43. The van der Waals surface area contributed by atoms with Gasteiger partial charge in [-0.1, -0.05) is 30.8 Å². The van der Waals surface area contributed by atoms with Crippen molar-refractivity contribution in [3.63, 3.8) is 0 Å². The second-order valence-electron chi connectivity index (χ2n) is 5.67. The van der Waals surface area contributed by atoms with Gasteiger partial charge in [0.1, 0.15) is 0 Å². The zero-order valence-electron chi connectivity index (χ0n) is 14.0. The van der Waals surface area contributed by atoms with Crippen LogP contribution in [0.15, 0.2) is 41.7 Å². The molecule has 2 aromatic heterocycles. The van der Waals surface area contributed by atoms with Crippen LogP contribution in [0, 0.1) is 13.8 Å². The number of hydrogen-bond acceptors (Lipinski definition) is 4. The van der Waals surface area contributed by atoms with Crippen LogP contribution in [0.5, 0.6) is 0 Å². The predicted octanol–water partition coefficient (Wildman–Crippen LogP) is 4.08. The highest BCUT2D eigenvalue weighted by atomic mass is 32.2. The van der Waals surface area contributed by atoms with E-state index in [0.29, 0.717) is 17.2 Å². The fourth-order valence-electron chi connectivity index (χ4n) is 2.44. The van der Waals surface area contributed by atoms with Crippen molar-refractivity contribution in [3.05, 3.63) is 47.7 Å². The first-order chi connectivity index (χ1) is 11.6. The Hall–Kier alpha value is -2.34. The Morgan fingerprint density at radius 3 is 2.88 bits per heavy atom. The minimum atomic E-state index is -0.217. The molecule has 0 unspecified atom stereocenters. The molecule has 5 nitrogen and oxygen atoms in total. The number of thioether (sulfide) groups is 1. The Kier molecular flexibility index (Phi) is 4.85. The second-order valence-corrected chi connectivity index (χ2v) is 6.86. The average molecular weight is 340 g/mol. The Morgan fingerprint density at radius 2 is 2.12 bits per heavy atom. The molecule has 0 spiro atoms. The number of aromatic amines is 1. The van der Waals surface area contributed by atoms with E-state index in [0.717, 1.165) is 22.3 Å². The lowest BCUT2D eigenvalue weighted by Crippen LogP contribution is -2.25. The molecular weight excluding hydrogens is 320 g/mol. The molecule has 0 saturated carbocycles. The maximum absolute atomic E-state index is 12.6. The van der Waals surface area contributed by atoms with Gasteiger partial charge in [-0.3, -0.25) is 4.79 Å². The van der Waals surface area contributed by atoms with E-state index in [2.05, 4.69) is 20.3 Å². The summed E-state index contributed by atoms with van der Waals surface area (Å²) in [5.74, 6) is -0.00962. The highest BCUT2D eigenvalue weighted by Gasteiger charge is 2.20. The van der Waals surface area contributed by atoms with Gasteiger partial charge in [0.05, 0.1) is 10.8 Å². The molecule has 0 fully saturated rings. The lowest BCUT2D eigenvalue weighted by atomic mass is 10.1. The third-order valence-electron chi connectivity index (χ3n) is 4.02. The van der Waals surface area contributed by atoms with Gasteiger partial charge in [-0.25, -0.2) is 9.97 Å². The maximum Gasteiger partial charge on any atom is 0.237 e. The van der Waals surface area contributed by atoms with Crippen molar-refractivity contribution in [1.82, 2.24) is 15.0 Å². The highest BCUT2D eigenvalue weighted by molar-refractivity contribution is 8.00. The summed E-state index contributed by atoms with van der Waals surface area (Å²) in [7, 11) is 0. The molecule has 3 rings (SSSR count). The first-order valence-corrected chi connectivity index (χ1v) is 8.81. The second kappa shape index (κ2) is 7.05. The van der Waals surface area contributed by atoms with Gasteiger partial charge < -0.3 is 10.3 Å². The van der Waals surface area contributed by atoms with Gasteiger partial charge in [0.25, 0.3) is 0 Å². The molecule has 0 aliphatic heterocycles. The molecule has 24 heavy (non-hydrogen) atoms. The van der Waals surface area contributed by atoms with E-state index in [-0.39, 0.29) is 11.2 Å². The largest absolute Gasteiger partial charge is 0.332 e. The van der Waals surface area contributed by atoms with Gasteiger partial charge >= 0.3 is 0 Å². The summed E-state index contributed by atoms with van der Waals surface area (Å²) in [5, 5.41) is 3.54. The number of imidazole rings is 1. The Morgan fingerprint density at radius 1 is 1.29 bits per heavy atom. The molecule has 3 aromatic rings. The molecule has 1 amide bonds. The van der Waals surface area contributed by atoms with Crippen molar-refractivity contribution >= 4 is 34.5 Å². The number of rotatable bonds is 5. The molecular formula is C18H20N4OS. The zero-order valence-corrected chi connectivity index (χ0v) is 14.8. The van der Waals surface area contributed by atoms with Crippen molar-refractivity contribution in [2.75, 3.05) is 5.32 Å². The molecule has 2 heterocycles. The maximum atomic E-state index is 12.6. The van der Waals surface area contributed by atoms with Crippen molar-refractivity contribution in [2.45, 2.75) is 37.6 Å². The van der Waals surface area contributed by atoms with Gasteiger partial charge in [0.15, 0.2) is 10.8 Å². The summed E-state index contributed by atoms with van der Waals surface area (Å²) in [6.45, 7) is 6.06. The number of carbonyl (C=O) groups is 1. The van der Waals surface area contributed by atoms with Gasteiger partial charge in [-0.15, -0.1) is 0 Å². The smallest absolute Gasteiger partial charge is 0.237 e. The molecule has 0 bridgehead atoms. The van der Waals surface area contributed by atoms with Crippen LogP contribution in [-0.4, -0.2) is 26.1 Å². The van der Waals surface area contributed by atoms with Crippen LogP contribution in [0.3, 0.4) is 0 Å². The van der Waals surface area contributed by atoms with Crippen LogP contribution >= 0.6 is 11.8 Å². The van der Waals surface area contributed by atoms with E-state index < -0.39 is 0 Å². The zero-order chi connectivity index (χ0) is 17.1. The topological polar surface area (TPSA) is 70.7 Å². The number of benzene rings is 1. The van der Waals surface area contributed by atoms with E-state index in [4.69, 9.17) is 0 Å². The Labute approximate surface area is 145 Å². The molecule has 1 aromatic carbocycles. The van der Waals surface area contributed by atoms with E-state index in [1.807, 2.05) is 51.1 Å². The summed E-state index contributed by atoms with van der Waals surface area (Å²) in [6, 6.07) is 9.72. The van der Waals surface area contributed by atoms with Crippen molar-refractivity contribution < 1.29 is 4.79 Å². The van der Waals surface area contributed by atoms with Crippen LogP contribution in [0.2, 0.25) is 0 Å². The predicted molar refractivity (Wildman–Crippen MR) is 98.4 cm³/mol. The normalized spacial score (nSPS) is 12.3. The number of pyridine rings is 1.